The van der Waals surface area contributed by atoms with Crippen LogP contribution < -0.4 is 14.4 Å². The molecule has 3 aromatic rings. The van der Waals surface area contributed by atoms with Gasteiger partial charge < -0.3 is 19.7 Å². The van der Waals surface area contributed by atoms with Gasteiger partial charge in [-0.25, -0.2) is 0 Å². The smallest absolute Gasteiger partial charge is 0.300 e. The lowest BCUT2D eigenvalue weighted by Gasteiger charge is -2.26. The Hall–Kier alpha value is -3.97. The van der Waals surface area contributed by atoms with E-state index in [9.17, 15) is 19.8 Å². The van der Waals surface area contributed by atoms with E-state index in [0.717, 1.165) is 24.2 Å². The molecule has 35 heavy (non-hydrogen) atoms. The van der Waals surface area contributed by atoms with E-state index in [2.05, 4.69) is 0 Å². The Morgan fingerprint density at radius 1 is 1.11 bits per heavy atom. The molecule has 1 amide bonds. The molecule has 3 aromatic carbocycles. The number of ether oxygens (including phenoxy) is 2. The summed E-state index contributed by atoms with van der Waals surface area (Å²) in [5, 5.41) is 21.7. The first-order chi connectivity index (χ1) is 16.9. The van der Waals surface area contributed by atoms with Crippen LogP contribution in [-0.2, 0) is 16.0 Å². The summed E-state index contributed by atoms with van der Waals surface area (Å²) in [5.74, 6) is -0.832. The van der Waals surface area contributed by atoms with Crippen molar-refractivity contribution < 1.29 is 29.3 Å². The first-order valence-electron chi connectivity index (χ1n) is 11.1. The second-order valence-electron chi connectivity index (χ2n) is 8.36. The molecular weight excluding hydrogens is 470 g/mol. The molecule has 1 fully saturated rings. The number of rotatable bonds is 4. The Morgan fingerprint density at radius 3 is 2.69 bits per heavy atom. The summed E-state index contributed by atoms with van der Waals surface area (Å²) in [6, 6.07) is 15.2. The molecule has 0 aliphatic carbocycles. The summed E-state index contributed by atoms with van der Waals surface area (Å²) in [4.78, 5) is 27.9. The molecule has 0 aromatic heterocycles. The molecule has 0 saturated carbocycles. The number of nitrogens with zero attached hydrogens (tertiary/aromatic N) is 1. The van der Waals surface area contributed by atoms with Crippen LogP contribution in [0.3, 0.4) is 0 Å². The molecule has 8 heteroatoms. The van der Waals surface area contributed by atoms with Gasteiger partial charge in [0.15, 0.2) is 0 Å². The Bertz CT molecular complexity index is 1380. The Kier molecular flexibility index (Phi) is 5.86. The van der Waals surface area contributed by atoms with Crippen LogP contribution in [0.2, 0.25) is 5.02 Å². The fourth-order valence-corrected chi connectivity index (χ4v) is 4.83. The number of ketones is 1. The number of anilines is 1. The van der Waals surface area contributed by atoms with Gasteiger partial charge in [0.1, 0.15) is 23.0 Å². The van der Waals surface area contributed by atoms with Crippen LogP contribution in [0.5, 0.6) is 17.2 Å². The number of aromatic hydroxyl groups is 1. The summed E-state index contributed by atoms with van der Waals surface area (Å²) < 4.78 is 10.9. The number of aryl methyl sites for hydroxylation is 1. The van der Waals surface area contributed by atoms with Crippen LogP contribution in [-0.4, -0.2) is 35.6 Å². The van der Waals surface area contributed by atoms with Gasteiger partial charge >= 0.3 is 0 Å². The Morgan fingerprint density at radius 2 is 1.94 bits per heavy atom. The zero-order chi connectivity index (χ0) is 24.7. The van der Waals surface area contributed by atoms with Gasteiger partial charge in [-0.3, -0.25) is 14.5 Å². The molecule has 2 aliphatic rings. The van der Waals surface area contributed by atoms with E-state index < -0.39 is 17.7 Å². The Balaban J connectivity index is 1.69. The minimum absolute atomic E-state index is 0.0354. The SMILES string of the molecule is COc1ccc(N2C(=O)C(=O)/C(=C(\O)c3ccc4c(c3)CCCO4)C2c2cccc(O)c2)cc1Cl. The van der Waals surface area contributed by atoms with E-state index in [-0.39, 0.29) is 22.1 Å². The van der Waals surface area contributed by atoms with Crippen molar-refractivity contribution in [1.29, 1.82) is 0 Å². The maximum absolute atomic E-state index is 13.3. The molecule has 178 valence electrons. The normalized spacial score (nSPS) is 18.8. The fraction of sp³-hybridized carbons (Fsp3) is 0.185. The number of fused-ring (bicyclic) bond motifs is 1. The van der Waals surface area contributed by atoms with Gasteiger partial charge in [-0.2, -0.15) is 0 Å². The second kappa shape index (κ2) is 9.00. The minimum atomic E-state index is -0.987. The zero-order valence-electron chi connectivity index (χ0n) is 18.8. The van der Waals surface area contributed by atoms with Crippen molar-refractivity contribution in [2.75, 3.05) is 18.6 Å². The van der Waals surface area contributed by atoms with Gasteiger partial charge in [-0.1, -0.05) is 23.7 Å². The molecule has 0 bridgehead atoms. The number of benzene rings is 3. The van der Waals surface area contributed by atoms with E-state index in [1.54, 1.807) is 42.5 Å². The van der Waals surface area contributed by atoms with Crippen LogP contribution in [0.4, 0.5) is 5.69 Å². The maximum Gasteiger partial charge on any atom is 0.300 e. The van der Waals surface area contributed by atoms with E-state index >= 15 is 0 Å². The van der Waals surface area contributed by atoms with Gasteiger partial charge in [0.05, 0.1) is 30.4 Å². The predicted molar refractivity (Wildman–Crippen MR) is 131 cm³/mol. The summed E-state index contributed by atoms with van der Waals surface area (Å²) in [5.41, 5.74) is 2.06. The summed E-state index contributed by atoms with van der Waals surface area (Å²) in [6.45, 7) is 0.630. The summed E-state index contributed by atoms with van der Waals surface area (Å²) >= 11 is 6.31. The molecule has 1 saturated heterocycles. The maximum atomic E-state index is 13.3. The van der Waals surface area contributed by atoms with Gasteiger partial charge in [0.25, 0.3) is 11.7 Å². The van der Waals surface area contributed by atoms with Gasteiger partial charge in [0, 0.05) is 11.3 Å². The highest BCUT2D eigenvalue weighted by Gasteiger charge is 2.47. The van der Waals surface area contributed by atoms with Gasteiger partial charge in [-0.15, -0.1) is 0 Å². The highest BCUT2D eigenvalue weighted by Crippen LogP contribution is 2.44. The topological polar surface area (TPSA) is 96.3 Å². The number of hydrogen-bond donors (Lipinski definition) is 2. The Labute approximate surface area is 206 Å². The minimum Gasteiger partial charge on any atom is -0.508 e. The number of phenols is 1. The third-order valence-electron chi connectivity index (χ3n) is 6.23. The number of aliphatic hydroxyl groups is 1. The molecular formula is C27H22ClNO6. The van der Waals surface area contributed by atoms with Crippen molar-refractivity contribution in [2.45, 2.75) is 18.9 Å². The van der Waals surface area contributed by atoms with Crippen molar-refractivity contribution >= 4 is 34.7 Å². The van der Waals surface area contributed by atoms with Crippen molar-refractivity contribution in [1.82, 2.24) is 0 Å². The van der Waals surface area contributed by atoms with Gasteiger partial charge in [0.2, 0.25) is 0 Å². The fourth-order valence-electron chi connectivity index (χ4n) is 4.58. The van der Waals surface area contributed by atoms with Crippen LogP contribution in [0.15, 0.2) is 66.2 Å². The standard InChI is InChI=1S/C27H22ClNO6/c1-34-22-10-8-18(14-20(22)28)29-24(16-4-2-6-19(30)13-16)23(26(32)27(29)33)25(31)17-7-9-21-15(12-17)5-3-11-35-21/h2,4,6-10,12-14,24,30-31H,3,5,11H2,1H3/b25-23-. The van der Waals surface area contributed by atoms with E-state index in [1.165, 1.54) is 30.2 Å². The number of carbonyl (C=O) groups excluding carboxylic acids is 2. The third-order valence-corrected chi connectivity index (χ3v) is 6.52. The molecule has 2 heterocycles. The third kappa shape index (κ3) is 3.98. The largest absolute Gasteiger partial charge is 0.508 e. The molecule has 2 aliphatic heterocycles. The molecule has 2 N–H and O–H groups in total. The number of halogens is 1. The number of amides is 1. The average Bonchev–Trinajstić information content (AvgIpc) is 3.13. The van der Waals surface area contributed by atoms with Crippen molar-refractivity contribution in [3.05, 3.63) is 87.9 Å². The molecule has 7 nitrogen and oxygen atoms in total. The van der Waals surface area contributed by atoms with Crippen molar-refractivity contribution in [3.63, 3.8) is 0 Å². The summed E-state index contributed by atoms with van der Waals surface area (Å²) in [7, 11) is 1.48. The number of aliphatic hydroxyl groups excluding tert-OH is 1. The lowest BCUT2D eigenvalue weighted by atomic mass is 9.93. The molecule has 0 radical (unpaired) electrons. The van der Waals surface area contributed by atoms with Crippen molar-refractivity contribution in [3.8, 4) is 17.2 Å². The zero-order valence-corrected chi connectivity index (χ0v) is 19.6. The van der Waals surface area contributed by atoms with Crippen LogP contribution in [0.25, 0.3) is 5.76 Å². The number of carbonyl (C=O) groups is 2. The van der Waals surface area contributed by atoms with Crippen LogP contribution in [0, 0.1) is 0 Å². The monoisotopic (exact) mass is 491 g/mol. The molecule has 5 rings (SSSR count). The number of hydrogen-bond acceptors (Lipinski definition) is 6. The van der Waals surface area contributed by atoms with Crippen LogP contribution >= 0.6 is 11.6 Å². The average molecular weight is 492 g/mol. The van der Waals surface area contributed by atoms with E-state index in [4.69, 9.17) is 21.1 Å². The second-order valence-corrected chi connectivity index (χ2v) is 8.76. The molecule has 0 spiro atoms. The summed E-state index contributed by atoms with van der Waals surface area (Å²) in [6.07, 6.45) is 1.63. The predicted octanol–water partition coefficient (Wildman–Crippen LogP) is 5.01. The van der Waals surface area contributed by atoms with Crippen LogP contribution in [0.1, 0.15) is 29.2 Å². The molecule has 1 atom stereocenters. The van der Waals surface area contributed by atoms with Gasteiger partial charge in [-0.05, 0) is 72.5 Å². The van der Waals surface area contributed by atoms with Crippen molar-refractivity contribution in [2.24, 2.45) is 0 Å². The quantitative estimate of drug-likeness (QED) is 0.303. The lowest BCUT2D eigenvalue weighted by Crippen LogP contribution is -2.29. The number of phenolic OH excluding ortho intramolecular Hbond substituents is 1. The first kappa shape index (κ1) is 22.8. The van der Waals surface area contributed by atoms with E-state index in [1.807, 2.05) is 0 Å². The lowest BCUT2D eigenvalue weighted by molar-refractivity contribution is -0.132. The number of Topliss-reactive ketones (excluding diaryl/α,β-unsaturated/α-hetero) is 1. The molecule has 1 unspecified atom stereocenters. The highest BCUT2D eigenvalue weighted by molar-refractivity contribution is 6.51. The number of methoxy groups -OCH3 is 1. The first-order valence-corrected chi connectivity index (χ1v) is 11.5. The highest BCUT2D eigenvalue weighted by atomic mass is 35.5. The van der Waals surface area contributed by atoms with E-state index in [0.29, 0.717) is 29.2 Å².